The van der Waals surface area contributed by atoms with Crippen LogP contribution in [-0.4, -0.2) is 77.1 Å². The van der Waals surface area contributed by atoms with Crippen LogP contribution in [0.15, 0.2) is 22.7 Å². The van der Waals surface area contributed by atoms with E-state index in [0.717, 1.165) is 6.54 Å². The molecular weight excluding hydrogens is 362 g/mol. The van der Waals surface area contributed by atoms with Crippen LogP contribution in [0.1, 0.15) is 28.9 Å². The van der Waals surface area contributed by atoms with Crippen LogP contribution < -0.4 is 10.6 Å². The summed E-state index contributed by atoms with van der Waals surface area (Å²) in [5.41, 5.74) is 1.06. The van der Waals surface area contributed by atoms with Crippen molar-refractivity contribution >= 4 is 17.8 Å². The maximum absolute atomic E-state index is 12.3. The van der Waals surface area contributed by atoms with Gasteiger partial charge in [0.1, 0.15) is 0 Å². The quantitative estimate of drug-likeness (QED) is 0.604. The fourth-order valence-electron chi connectivity index (χ4n) is 2.42. The Morgan fingerprint density at radius 3 is 2.64 bits per heavy atom. The minimum absolute atomic E-state index is 0.0324. The van der Waals surface area contributed by atoms with Crippen molar-refractivity contribution in [3.63, 3.8) is 0 Å². The van der Waals surface area contributed by atoms with E-state index in [0.29, 0.717) is 36.8 Å². The number of anilines is 1. The van der Waals surface area contributed by atoms with Crippen LogP contribution >= 0.6 is 0 Å². The average Bonchev–Trinajstić information content (AvgIpc) is 3.07. The molecular formula is C18H27N7O3. The standard InChI is InChI=1S/C18H27N7O3/c1-5-25(9-8-24(3)4)16(26)12-19-11-15-10-14(6-7-20-15)17(27)21-18-23-22-13(2)28-18/h6-7,10,19H,5,8-9,11-12H2,1-4H3,(H,21,23,27). The molecule has 0 aliphatic rings. The number of amides is 2. The molecule has 0 aromatic carbocycles. The van der Waals surface area contributed by atoms with Gasteiger partial charge in [-0.25, -0.2) is 0 Å². The van der Waals surface area contributed by atoms with Crippen LogP contribution in [0.5, 0.6) is 0 Å². The largest absolute Gasteiger partial charge is 0.408 e. The van der Waals surface area contributed by atoms with E-state index in [1.807, 2.05) is 25.9 Å². The van der Waals surface area contributed by atoms with E-state index < -0.39 is 0 Å². The van der Waals surface area contributed by atoms with E-state index >= 15 is 0 Å². The third-order valence-electron chi connectivity index (χ3n) is 3.96. The molecule has 0 spiro atoms. The fourth-order valence-corrected chi connectivity index (χ4v) is 2.42. The number of carbonyl (C=O) groups excluding carboxylic acids is 2. The molecule has 0 fully saturated rings. The Bertz CT molecular complexity index is 791. The van der Waals surface area contributed by atoms with Crippen molar-refractivity contribution in [1.82, 2.24) is 30.3 Å². The van der Waals surface area contributed by atoms with E-state index in [1.54, 1.807) is 30.2 Å². The first-order valence-electron chi connectivity index (χ1n) is 9.08. The number of likely N-dealkylation sites (N-methyl/N-ethyl adjacent to an activating group) is 2. The van der Waals surface area contributed by atoms with E-state index in [9.17, 15) is 9.59 Å². The van der Waals surface area contributed by atoms with Crippen LogP contribution in [0, 0.1) is 6.92 Å². The molecule has 2 heterocycles. The Balaban J connectivity index is 1.85. The molecule has 2 aromatic heterocycles. The topological polar surface area (TPSA) is 116 Å². The fraction of sp³-hybridized carbons (Fsp3) is 0.500. The second-order valence-electron chi connectivity index (χ2n) is 6.50. The number of rotatable bonds is 10. The molecule has 0 saturated carbocycles. The highest BCUT2D eigenvalue weighted by Crippen LogP contribution is 2.08. The van der Waals surface area contributed by atoms with Gasteiger partial charge in [0.15, 0.2) is 0 Å². The second kappa shape index (κ2) is 10.5. The van der Waals surface area contributed by atoms with Crippen LogP contribution in [-0.2, 0) is 11.3 Å². The molecule has 2 N–H and O–H groups in total. The summed E-state index contributed by atoms with van der Waals surface area (Å²) in [7, 11) is 3.95. The zero-order valence-corrected chi connectivity index (χ0v) is 16.7. The van der Waals surface area contributed by atoms with Gasteiger partial charge in [-0.3, -0.25) is 19.9 Å². The minimum Gasteiger partial charge on any atom is -0.408 e. The van der Waals surface area contributed by atoms with Crippen molar-refractivity contribution in [3.8, 4) is 0 Å². The van der Waals surface area contributed by atoms with Gasteiger partial charge in [-0.1, -0.05) is 5.10 Å². The molecule has 0 unspecified atom stereocenters. The number of aryl methyl sites for hydroxylation is 1. The summed E-state index contributed by atoms with van der Waals surface area (Å²) in [6, 6.07) is 3.29. The number of pyridine rings is 1. The Kier molecular flexibility index (Phi) is 8.02. The van der Waals surface area contributed by atoms with Gasteiger partial charge in [0, 0.05) is 44.9 Å². The molecule has 152 valence electrons. The maximum Gasteiger partial charge on any atom is 0.322 e. The van der Waals surface area contributed by atoms with Gasteiger partial charge in [-0.15, -0.1) is 5.10 Å². The van der Waals surface area contributed by atoms with Crippen molar-refractivity contribution < 1.29 is 14.0 Å². The van der Waals surface area contributed by atoms with Crippen LogP contribution in [0.25, 0.3) is 0 Å². The molecule has 2 aromatic rings. The summed E-state index contributed by atoms with van der Waals surface area (Å²) < 4.78 is 5.14. The average molecular weight is 389 g/mol. The van der Waals surface area contributed by atoms with E-state index in [4.69, 9.17) is 4.42 Å². The van der Waals surface area contributed by atoms with Gasteiger partial charge in [0.05, 0.1) is 12.2 Å². The second-order valence-corrected chi connectivity index (χ2v) is 6.50. The molecule has 0 aliphatic carbocycles. The molecule has 2 amide bonds. The lowest BCUT2D eigenvalue weighted by Gasteiger charge is -2.23. The lowest BCUT2D eigenvalue weighted by molar-refractivity contribution is -0.130. The molecule has 0 atom stereocenters. The number of carbonyl (C=O) groups is 2. The summed E-state index contributed by atoms with van der Waals surface area (Å²) in [5.74, 6) is 0.0283. The number of nitrogens with one attached hydrogen (secondary N) is 2. The number of hydrogen-bond acceptors (Lipinski definition) is 8. The predicted molar refractivity (Wildman–Crippen MR) is 104 cm³/mol. The molecule has 2 rings (SSSR count). The van der Waals surface area contributed by atoms with Crippen LogP contribution in [0.3, 0.4) is 0 Å². The zero-order chi connectivity index (χ0) is 20.5. The molecule has 0 bridgehead atoms. The van der Waals surface area contributed by atoms with Crippen LogP contribution in [0.4, 0.5) is 6.01 Å². The summed E-state index contributed by atoms with van der Waals surface area (Å²) >= 11 is 0. The summed E-state index contributed by atoms with van der Waals surface area (Å²) in [4.78, 5) is 32.6. The third-order valence-corrected chi connectivity index (χ3v) is 3.96. The highest BCUT2D eigenvalue weighted by molar-refractivity contribution is 6.03. The first-order chi connectivity index (χ1) is 13.4. The first kappa shape index (κ1) is 21.5. The Morgan fingerprint density at radius 1 is 1.21 bits per heavy atom. The lowest BCUT2D eigenvalue weighted by atomic mass is 10.2. The summed E-state index contributed by atoms with van der Waals surface area (Å²) in [5, 5.41) is 13.0. The van der Waals surface area contributed by atoms with Crippen LogP contribution in [0.2, 0.25) is 0 Å². The normalized spacial score (nSPS) is 10.9. The van der Waals surface area contributed by atoms with Crippen molar-refractivity contribution in [3.05, 3.63) is 35.5 Å². The van der Waals surface area contributed by atoms with Gasteiger partial charge >= 0.3 is 6.01 Å². The van der Waals surface area contributed by atoms with Gasteiger partial charge in [0.2, 0.25) is 11.8 Å². The third kappa shape index (κ3) is 6.71. The smallest absolute Gasteiger partial charge is 0.322 e. The number of aromatic nitrogens is 3. The first-order valence-corrected chi connectivity index (χ1v) is 9.08. The summed E-state index contributed by atoms with van der Waals surface area (Å²) in [6.45, 7) is 6.35. The van der Waals surface area contributed by atoms with Gasteiger partial charge in [0.25, 0.3) is 5.91 Å². The van der Waals surface area contributed by atoms with Crippen molar-refractivity contribution in [2.45, 2.75) is 20.4 Å². The van der Waals surface area contributed by atoms with Gasteiger partial charge in [-0.05, 0) is 33.2 Å². The summed E-state index contributed by atoms with van der Waals surface area (Å²) in [6.07, 6.45) is 1.54. The molecule has 0 radical (unpaired) electrons. The Hall–Kier alpha value is -2.85. The lowest BCUT2D eigenvalue weighted by Crippen LogP contribution is -2.41. The van der Waals surface area contributed by atoms with Gasteiger partial charge < -0.3 is 19.5 Å². The van der Waals surface area contributed by atoms with E-state index in [-0.39, 0.29) is 24.4 Å². The molecule has 28 heavy (non-hydrogen) atoms. The molecule has 0 saturated heterocycles. The molecule has 10 nitrogen and oxygen atoms in total. The molecule has 10 heteroatoms. The molecule has 0 aliphatic heterocycles. The van der Waals surface area contributed by atoms with Crippen molar-refractivity contribution in [2.75, 3.05) is 45.6 Å². The predicted octanol–water partition coefficient (Wildman–Crippen LogP) is 0.525. The Labute approximate surface area is 164 Å². The van der Waals surface area contributed by atoms with E-state index in [1.165, 1.54) is 0 Å². The highest BCUT2D eigenvalue weighted by atomic mass is 16.4. The van der Waals surface area contributed by atoms with E-state index in [2.05, 4.69) is 25.8 Å². The minimum atomic E-state index is -0.371. The van der Waals surface area contributed by atoms with Crippen molar-refractivity contribution in [2.24, 2.45) is 0 Å². The monoisotopic (exact) mass is 389 g/mol. The maximum atomic E-state index is 12.3. The highest BCUT2D eigenvalue weighted by Gasteiger charge is 2.13. The zero-order valence-electron chi connectivity index (χ0n) is 16.7. The Morgan fingerprint density at radius 2 is 2.00 bits per heavy atom. The SMILES string of the molecule is CCN(CCN(C)C)C(=O)CNCc1cc(C(=O)Nc2nnc(C)o2)ccn1. The van der Waals surface area contributed by atoms with Crippen molar-refractivity contribution in [1.29, 1.82) is 0 Å². The van der Waals surface area contributed by atoms with Gasteiger partial charge in [-0.2, -0.15) is 0 Å². The number of nitrogens with zero attached hydrogens (tertiary/aromatic N) is 5. The number of hydrogen-bond donors (Lipinski definition) is 2.